The van der Waals surface area contributed by atoms with Crippen molar-refractivity contribution in [1.82, 2.24) is 0 Å². The van der Waals surface area contributed by atoms with E-state index < -0.39 is 31.1 Å². The highest BCUT2D eigenvalue weighted by Crippen LogP contribution is 2.14. The van der Waals surface area contributed by atoms with Crippen LogP contribution in [-0.4, -0.2) is 46.4 Å². The van der Waals surface area contributed by atoms with Gasteiger partial charge >= 0.3 is 0 Å². The maximum absolute atomic E-state index is 13.2. The average molecular weight is 258 g/mol. The monoisotopic (exact) mass is 258 g/mol. The fraction of sp³-hybridized carbons (Fsp3) is 0.538. The zero-order valence-corrected chi connectivity index (χ0v) is 10.2. The predicted molar refractivity (Wildman–Crippen MR) is 64.7 cm³/mol. The second kappa shape index (κ2) is 7.43. The molecule has 102 valence electrons. The van der Waals surface area contributed by atoms with Crippen LogP contribution in [0.4, 0.5) is 4.39 Å². The molecule has 18 heavy (non-hydrogen) atoms. The number of benzene rings is 1. The van der Waals surface area contributed by atoms with Crippen LogP contribution in [0, 0.1) is 0 Å². The highest BCUT2D eigenvalue weighted by atomic mass is 19.1. The molecule has 5 heteroatoms. The number of aliphatic hydroxyl groups excluding tert-OH is 3. The number of halogens is 1. The molecule has 1 aromatic carbocycles. The van der Waals surface area contributed by atoms with Gasteiger partial charge in [-0.2, -0.15) is 0 Å². The van der Waals surface area contributed by atoms with Gasteiger partial charge in [-0.25, -0.2) is 4.39 Å². The lowest BCUT2D eigenvalue weighted by atomic mass is 10.1. The predicted octanol–water partition coefficient (Wildman–Crippen LogP) is 0.644. The first-order valence-corrected chi connectivity index (χ1v) is 5.83. The fourth-order valence-electron chi connectivity index (χ4n) is 1.60. The van der Waals surface area contributed by atoms with Crippen molar-refractivity contribution in [3.05, 3.63) is 35.9 Å². The number of hydrogen-bond acceptors (Lipinski definition) is 4. The van der Waals surface area contributed by atoms with Gasteiger partial charge < -0.3 is 20.1 Å². The lowest BCUT2D eigenvalue weighted by Crippen LogP contribution is -2.44. The van der Waals surface area contributed by atoms with E-state index in [1.165, 1.54) is 6.92 Å². The van der Waals surface area contributed by atoms with Crippen LogP contribution in [0.15, 0.2) is 30.3 Å². The summed E-state index contributed by atoms with van der Waals surface area (Å²) in [6.07, 6.45) is -5.50. The Labute approximate surface area is 106 Å². The van der Waals surface area contributed by atoms with Crippen LogP contribution >= 0.6 is 0 Å². The first-order valence-electron chi connectivity index (χ1n) is 5.83. The molecule has 0 amide bonds. The number of ether oxygens (including phenoxy) is 1. The van der Waals surface area contributed by atoms with Crippen LogP contribution in [0.1, 0.15) is 12.5 Å². The minimum Gasteiger partial charge on any atom is -0.393 e. The standard InChI is InChI=1S/C13H19FO4/c1-9(16)13(12(17)11(14)7-15)18-8-10-5-3-2-4-6-10/h2-6,9,11-13,15-17H,7-8H2,1H3/t9-,11-,12-,13+/m0/s1. The van der Waals surface area contributed by atoms with E-state index in [0.717, 1.165) is 5.56 Å². The number of hydrogen-bond donors (Lipinski definition) is 3. The molecule has 1 aromatic rings. The van der Waals surface area contributed by atoms with Crippen molar-refractivity contribution < 1.29 is 24.4 Å². The third kappa shape index (κ3) is 4.34. The van der Waals surface area contributed by atoms with Crippen LogP contribution in [-0.2, 0) is 11.3 Å². The van der Waals surface area contributed by atoms with Gasteiger partial charge in [0.1, 0.15) is 12.2 Å². The van der Waals surface area contributed by atoms with E-state index in [4.69, 9.17) is 9.84 Å². The van der Waals surface area contributed by atoms with Gasteiger partial charge in [-0.05, 0) is 12.5 Å². The van der Waals surface area contributed by atoms with Gasteiger partial charge in [-0.1, -0.05) is 30.3 Å². The molecule has 3 N–H and O–H groups in total. The first-order chi connectivity index (χ1) is 8.56. The van der Waals surface area contributed by atoms with Crippen molar-refractivity contribution in [2.45, 2.75) is 38.0 Å². The maximum atomic E-state index is 13.2. The van der Waals surface area contributed by atoms with Gasteiger partial charge in [0.15, 0.2) is 6.17 Å². The molecule has 4 atom stereocenters. The average Bonchev–Trinajstić information content (AvgIpc) is 2.38. The van der Waals surface area contributed by atoms with Crippen LogP contribution < -0.4 is 0 Å². The van der Waals surface area contributed by atoms with Gasteiger partial charge in [-0.15, -0.1) is 0 Å². The second-order valence-electron chi connectivity index (χ2n) is 4.19. The summed E-state index contributed by atoms with van der Waals surface area (Å²) in [4.78, 5) is 0. The van der Waals surface area contributed by atoms with Crippen molar-refractivity contribution in [3.63, 3.8) is 0 Å². The van der Waals surface area contributed by atoms with Gasteiger partial charge in [-0.3, -0.25) is 0 Å². The molecule has 0 radical (unpaired) electrons. The normalized spacial score (nSPS) is 18.1. The SMILES string of the molecule is C[C@H](O)[C@@H](OCc1ccccc1)[C@@H](O)[C@@H](F)CO. The molecule has 0 aliphatic rings. The highest BCUT2D eigenvalue weighted by Gasteiger charge is 2.31. The molecule has 0 bridgehead atoms. The zero-order valence-electron chi connectivity index (χ0n) is 10.2. The Morgan fingerprint density at radius 1 is 1.22 bits per heavy atom. The summed E-state index contributed by atoms with van der Waals surface area (Å²) in [5, 5.41) is 27.7. The Kier molecular flexibility index (Phi) is 6.21. The topological polar surface area (TPSA) is 69.9 Å². The van der Waals surface area contributed by atoms with Crippen molar-refractivity contribution >= 4 is 0 Å². The summed E-state index contributed by atoms with van der Waals surface area (Å²) >= 11 is 0. The molecule has 0 aliphatic carbocycles. The van der Waals surface area contributed by atoms with Gasteiger partial charge in [0.2, 0.25) is 0 Å². The van der Waals surface area contributed by atoms with Crippen LogP contribution in [0.2, 0.25) is 0 Å². The Morgan fingerprint density at radius 3 is 2.33 bits per heavy atom. The number of rotatable bonds is 7. The Balaban J connectivity index is 2.58. The smallest absolute Gasteiger partial charge is 0.151 e. The van der Waals surface area contributed by atoms with Gasteiger partial charge in [0.05, 0.1) is 19.3 Å². The molecule has 0 fully saturated rings. The summed E-state index contributed by atoms with van der Waals surface area (Å²) in [5.74, 6) is 0. The van der Waals surface area contributed by atoms with Crippen molar-refractivity contribution in [3.8, 4) is 0 Å². The molecule has 0 saturated heterocycles. The highest BCUT2D eigenvalue weighted by molar-refractivity contribution is 5.13. The van der Waals surface area contributed by atoms with E-state index in [1.54, 1.807) is 0 Å². The van der Waals surface area contributed by atoms with Crippen molar-refractivity contribution in [2.24, 2.45) is 0 Å². The molecule has 0 aliphatic heterocycles. The molecule has 0 saturated carbocycles. The van der Waals surface area contributed by atoms with E-state index >= 15 is 0 Å². The minimum atomic E-state index is -1.83. The summed E-state index contributed by atoms with van der Waals surface area (Å²) in [6.45, 7) is 0.758. The van der Waals surface area contributed by atoms with Crippen LogP contribution in [0.3, 0.4) is 0 Å². The molecule has 1 rings (SSSR count). The van der Waals surface area contributed by atoms with Crippen LogP contribution in [0.5, 0.6) is 0 Å². The number of aliphatic hydroxyl groups is 3. The summed E-state index contributed by atoms with van der Waals surface area (Å²) in [7, 11) is 0. The third-order valence-corrected chi connectivity index (χ3v) is 2.64. The lowest BCUT2D eigenvalue weighted by Gasteiger charge is -2.27. The van der Waals surface area contributed by atoms with Crippen molar-refractivity contribution in [1.29, 1.82) is 0 Å². The molecule has 0 aromatic heterocycles. The van der Waals surface area contributed by atoms with E-state index in [2.05, 4.69) is 0 Å². The van der Waals surface area contributed by atoms with E-state index in [0.29, 0.717) is 0 Å². The first kappa shape index (κ1) is 15.0. The zero-order chi connectivity index (χ0) is 13.5. The Hall–Kier alpha value is -1.01. The summed E-state index contributed by atoms with van der Waals surface area (Å²) in [6, 6.07) is 9.17. The Bertz CT molecular complexity index is 331. The quantitative estimate of drug-likeness (QED) is 0.671. The molecule has 0 spiro atoms. The van der Waals surface area contributed by atoms with E-state index in [1.807, 2.05) is 30.3 Å². The summed E-state index contributed by atoms with van der Waals surface area (Å²) < 4.78 is 18.5. The summed E-state index contributed by atoms with van der Waals surface area (Å²) in [5.41, 5.74) is 0.856. The van der Waals surface area contributed by atoms with Gasteiger partial charge in [0, 0.05) is 0 Å². The Morgan fingerprint density at radius 2 is 1.83 bits per heavy atom. The van der Waals surface area contributed by atoms with Gasteiger partial charge in [0.25, 0.3) is 0 Å². The lowest BCUT2D eigenvalue weighted by molar-refractivity contribution is -0.127. The number of alkyl halides is 1. The molecular weight excluding hydrogens is 239 g/mol. The molecule has 0 heterocycles. The molecule has 0 unspecified atom stereocenters. The second-order valence-corrected chi connectivity index (χ2v) is 4.19. The minimum absolute atomic E-state index is 0.158. The largest absolute Gasteiger partial charge is 0.393 e. The molecule has 4 nitrogen and oxygen atoms in total. The third-order valence-electron chi connectivity index (χ3n) is 2.64. The van der Waals surface area contributed by atoms with Crippen LogP contribution in [0.25, 0.3) is 0 Å². The van der Waals surface area contributed by atoms with E-state index in [9.17, 15) is 14.6 Å². The fourth-order valence-corrected chi connectivity index (χ4v) is 1.60. The maximum Gasteiger partial charge on any atom is 0.151 e. The van der Waals surface area contributed by atoms with E-state index in [-0.39, 0.29) is 6.61 Å². The molecular formula is C13H19FO4. The van der Waals surface area contributed by atoms with Crippen molar-refractivity contribution in [2.75, 3.05) is 6.61 Å².